The molecule has 6 nitrogen and oxygen atoms in total. The molecule has 0 aliphatic carbocycles. The monoisotopic (exact) mass is 400 g/mol. The molecule has 3 aromatic rings. The average Bonchev–Trinajstić information content (AvgIpc) is 3.24. The molecule has 0 aliphatic rings. The zero-order valence-electron chi connectivity index (χ0n) is 17.1. The van der Waals surface area contributed by atoms with Crippen molar-refractivity contribution in [3.05, 3.63) is 90.6 Å². The lowest BCUT2D eigenvalue weighted by atomic mass is 10.1. The third kappa shape index (κ3) is 5.17. The molecule has 0 saturated carbocycles. The molecule has 0 aliphatic heterocycles. The standard InChI is InChI=1S/C24H24N4O2/c1-4-6-7-8-11-18(5-2)24-27-22(28-30-24)20-14-13-19(16-17(20)3)26-23(29)21-12-9-10-15-25-21/h4,7-16H,1,5-6H2,2-3H3,(H,26,29)/b8-7-,18-11+. The van der Waals surface area contributed by atoms with E-state index in [0.29, 0.717) is 23.1 Å². The van der Waals surface area contributed by atoms with Crippen molar-refractivity contribution in [3.8, 4) is 11.4 Å². The Morgan fingerprint density at radius 2 is 2.13 bits per heavy atom. The number of aryl methyl sites for hydroxylation is 1. The van der Waals surface area contributed by atoms with Crippen LogP contribution in [0.15, 0.2) is 78.0 Å². The lowest BCUT2D eigenvalue weighted by Gasteiger charge is -2.07. The highest BCUT2D eigenvalue weighted by Gasteiger charge is 2.14. The normalized spacial score (nSPS) is 11.6. The highest BCUT2D eigenvalue weighted by molar-refractivity contribution is 6.03. The number of amides is 1. The molecule has 0 unspecified atom stereocenters. The summed E-state index contributed by atoms with van der Waals surface area (Å²) in [5.74, 6) is 0.758. The number of carbonyl (C=O) groups excluding carboxylic acids is 1. The van der Waals surface area contributed by atoms with Crippen molar-refractivity contribution in [3.63, 3.8) is 0 Å². The van der Waals surface area contributed by atoms with E-state index in [0.717, 1.165) is 29.5 Å². The molecule has 0 saturated heterocycles. The SMILES string of the molecule is C=CC/C=C\C=C(/CC)c1nc(-c2ccc(NC(=O)c3ccccn3)cc2C)no1. The fraction of sp³-hybridized carbons (Fsp3) is 0.167. The van der Waals surface area contributed by atoms with Crippen LogP contribution in [0.2, 0.25) is 0 Å². The first-order chi connectivity index (χ1) is 14.6. The molecule has 0 radical (unpaired) electrons. The van der Waals surface area contributed by atoms with Crippen molar-refractivity contribution in [1.29, 1.82) is 0 Å². The molecular weight excluding hydrogens is 376 g/mol. The third-order valence-corrected chi connectivity index (χ3v) is 4.44. The number of pyridine rings is 1. The van der Waals surface area contributed by atoms with E-state index in [2.05, 4.69) is 27.0 Å². The molecule has 6 heteroatoms. The van der Waals surface area contributed by atoms with E-state index in [-0.39, 0.29) is 5.91 Å². The van der Waals surface area contributed by atoms with Gasteiger partial charge in [0.25, 0.3) is 11.8 Å². The Morgan fingerprint density at radius 1 is 1.27 bits per heavy atom. The van der Waals surface area contributed by atoms with Crippen LogP contribution in [0.5, 0.6) is 0 Å². The van der Waals surface area contributed by atoms with Crippen molar-refractivity contribution in [1.82, 2.24) is 15.1 Å². The largest absolute Gasteiger partial charge is 0.334 e. The van der Waals surface area contributed by atoms with Crippen LogP contribution in [0.1, 0.15) is 41.7 Å². The van der Waals surface area contributed by atoms with Gasteiger partial charge in [-0.15, -0.1) is 6.58 Å². The van der Waals surface area contributed by atoms with E-state index >= 15 is 0 Å². The first-order valence-electron chi connectivity index (χ1n) is 9.76. The van der Waals surface area contributed by atoms with Gasteiger partial charge < -0.3 is 9.84 Å². The van der Waals surface area contributed by atoms with Crippen LogP contribution in [0.25, 0.3) is 17.0 Å². The Morgan fingerprint density at radius 3 is 2.83 bits per heavy atom. The van der Waals surface area contributed by atoms with Gasteiger partial charge >= 0.3 is 0 Å². The van der Waals surface area contributed by atoms with Gasteiger partial charge in [0.05, 0.1) is 0 Å². The highest BCUT2D eigenvalue weighted by Crippen LogP contribution is 2.26. The number of hydrogen-bond acceptors (Lipinski definition) is 5. The van der Waals surface area contributed by atoms with Crippen LogP contribution in [0.3, 0.4) is 0 Å². The van der Waals surface area contributed by atoms with Crippen LogP contribution in [-0.2, 0) is 0 Å². The van der Waals surface area contributed by atoms with Gasteiger partial charge in [-0.05, 0) is 55.7 Å². The maximum absolute atomic E-state index is 12.3. The zero-order chi connectivity index (χ0) is 21.3. The van der Waals surface area contributed by atoms with Gasteiger partial charge in [-0.1, -0.05) is 42.5 Å². The lowest BCUT2D eigenvalue weighted by molar-refractivity contribution is 0.102. The molecular formula is C24H24N4O2. The summed E-state index contributed by atoms with van der Waals surface area (Å²) in [5, 5.41) is 6.99. The van der Waals surface area contributed by atoms with Crippen molar-refractivity contribution in [2.45, 2.75) is 26.7 Å². The molecule has 2 heterocycles. The number of anilines is 1. The fourth-order valence-electron chi connectivity index (χ4n) is 2.85. The second-order valence-corrected chi connectivity index (χ2v) is 6.62. The van der Waals surface area contributed by atoms with E-state index in [9.17, 15) is 4.79 Å². The molecule has 0 atom stereocenters. The van der Waals surface area contributed by atoms with Crippen molar-refractivity contribution >= 4 is 17.2 Å². The van der Waals surface area contributed by atoms with Crippen LogP contribution < -0.4 is 5.32 Å². The Balaban J connectivity index is 1.77. The van der Waals surface area contributed by atoms with E-state index in [1.807, 2.05) is 56.4 Å². The van der Waals surface area contributed by atoms with Crippen molar-refractivity contribution in [2.24, 2.45) is 0 Å². The summed E-state index contributed by atoms with van der Waals surface area (Å²) < 4.78 is 5.48. The lowest BCUT2D eigenvalue weighted by Crippen LogP contribution is -2.13. The summed E-state index contributed by atoms with van der Waals surface area (Å²) in [4.78, 5) is 20.9. The second-order valence-electron chi connectivity index (χ2n) is 6.62. The maximum Gasteiger partial charge on any atom is 0.274 e. The summed E-state index contributed by atoms with van der Waals surface area (Å²) in [7, 11) is 0. The zero-order valence-corrected chi connectivity index (χ0v) is 17.1. The number of hydrogen-bond donors (Lipinski definition) is 1. The van der Waals surface area contributed by atoms with Crippen molar-refractivity contribution in [2.75, 3.05) is 5.32 Å². The van der Waals surface area contributed by atoms with Crippen LogP contribution in [0, 0.1) is 6.92 Å². The number of carbonyl (C=O) groups is 1. The Hall–Kier alpha value is -3.80. The van der Waals surface area contributed by atoms with E-state index < -0.39 is 0 Å². The molecule has 0 spiro atoms. The molecule has 30 heavy (non-hydrogen) atoms. The minimum atomic E-state index is -0.258. The number of nitrogens with zero attached hydrogens (tertiary/aromatic N) is 3. The quantitative estimate of drug-likeness (QED) is 0.392. The van der Waals surface area contributed by atoms with Gasteiger partial charge in [-0.3, -0.25) is 9.78 Å². The highest BCUT2D eigenvalue weighted by atomic mass is 16.5. The summed E-state index contributed by atoms with van der Waals surface area (Å²) in [6.07, 6.45) is 11.0. The summed E-state index contributed by atoms with van der Waals surface area (Å²) in [6, 6.07) is 10.8. The number of allylic oxidation sites excluding steroid dienone is 5. The summed E-state index contributed by atoms with van der Waals surface area (Å²) >= 11 is 0. The predicted molar refractivity (Wildman–Crippen MR) is 119 cm³/mol. The molecule has 0 fully saturated rings. The molecule has 1 amide bonds. The van der Waals surface area contributed by atoms with Gasteiger partial charge in [0.2, 0.25) is 5.82 Å². The smallest absolute Gasteiger partial charge is 0.274 e. The van der Waals surface area contributed by atoms with Gasteiger partial charge in [0, 0.05) is 23.0 Å². The minimum Gasteiger partial charge on any atom is -0.334 e. The average molecular weight is 400 g/mol. The Labute approximate surface area is 176 Å². The topological polar surface area (TPSA) is 80.9 Å². The Kier molecular flexibility index (Phi) is 7.05. The molecule has 3 rings (SSSR count). The fourth-order valence-corrected chi connectivity index (χ4v) is 2.85. The molecule has 2 aromatic heterocycles. The third-order valence-electron chi connectivity index (χ3n) is 4.44. The second kappa shape index (κ2) is 10.1. The number of benzene rings is 1. The van der Waals surface area contributed by atoms with Crippen molar-refractivity contribution < 1.29 is 9.32 Å². The molecule has 1 N–H and O–H groups in total. The van der Waals surface area contributed by atoms with E-state index in [1.54, 1.807) is 24.4 Å². The van der Waals surface area contributed by atoms with Gasteiger partial charge in [-0.25, -0.2) is 0 Å². The summed E-state index contributed by atoms with van der Waals surface area (Å²) in [5.41, 5.74) is 3.78. The van der Waals surface area contributed by atoms with E-state index in [4.69, 9.17) is 4.52 Å². The molecule has 1 aromatic carbocycles. The first kappa shape index (κ1) is 20.9. The van der Waals surface area contributed by atoms with Gasteiger partial charge in [0.1, 0.15) is 5.69 Å². The summed E-state index contributed by atoms with van der Waals surface area (Å²) in [6.45, 7) is 7.68. The number of nitrogens with one attached hydrogen (secondary N) is 1. The first-order valence-corrected chi connectivity index (χ1v) is 9.76. The molecule has 152 valence electrons. The van der Waals surface area contributed by atoms with Gasteiger partial charge in [-0.2, -0.15) is 4.98 Å². The van der Waals surface area contributed by atoms with Crippen LogP contribution in [-0.4, -0.2) is 21.0 Å². The van der Waals surface area contributed by atoms with Crippen LogP contribution in [0.4, 0.5) is 5.69 Å². The minimum absolute atomic E-state index is 0.258. The predicted octanol–water partition coefficient (Wildman–Crippen LogP) is 5.62. The number of aromatic nitrogens is 3. The maximum atomic E-state index is 12.3. The number of rotatable bonds is 8. The van der Waals surface area contributed by atoms with Crippen LogP contribution >= 0.6 is 0 Å². The Bertz CT molecular complexity index is 1080. The van der Waals surface area contributed by atoms with E-state index in [1.165, 1.54) is 0 Å². The molecule has 0 bridgehead atoms. The van der Waals surface area contributed by atoms with Gasteiger partial charge in [0.15, 0.2) is 0 Å².